The van der Waals surface area contributed by atoms with Crippen molar-refractivity contribution in [3.8, 4) is 11.5 Å². The van der Waals surface area contributed by atoms with Gasteiger partial charge >= 0.3 is 6.09 Å². The lowest BCUT2D eigenvalue weighted by atomic mass is 9.55. The normalized spacial score (nSPS) is 24.4. The summed E-state index contributed by atoms with van der Waals surface area (Å²) >= 11 is 1.76. The fourth-order valence-electron chi connectivity index (χ4n) is 8.69. The number of thioether (sulfide) groups is 1. The molecule has 57 heavy (non-hydrogen) atoms. The molecule has 6 unspecified atom stereocenters. The predicted molar refractivity (Wildman–Crippen MR) is 227 cm³/mol. The summed E-state index contributed by atoms with van der Waals surface area (Å²) in [7, 11) is 0. The standard InChI is InChI=1S/C46H66N2O8S/c1-7-23-48(44(51)53-32-45(4,5)6)41-31-39(47-55-9-3)37-29-33(17-13-15-24-49)36(20-14-16-25-50)42-38-30-34(52-27-28-57-35-18-11-10-12-19-35)21-22-40(38)56-46(41,43(37)42)54-26-8-2/h8,10-12,18-19,21-22,29-30,33,36,41-43,49-50H,2,7,9,13-17,20,23-28,31-32H2,1,3-6H3. The zero-order valence-electron chi connectivity index (χ0n) is 34.8. The zero-order valence-corrected chi connectivity index (χ0v) is 35.6. The predicted octanol–water partition coefficient (Wildman–Crippen LogP) is 9.41. The summed E-state index contributed by atoms with van der Waals surface area (Å²) in [4.78, 5) is 23.1. The van der Waals surface area contributed by atoms with Crippen LogP contribution < -0.4 is 9.47 Å². The highest BCUT2D eigenvalue weighted by Crippen LogP contribution is 2.62. The number of hydrogen-bond acceptors (Lipinski definition) is 10. The van der Waals surface area contributed by atoms with E-state index in [2.05, 4.69) is 37.8 Å². The van der Waals surface area contributed by atoms with Gasteiger partial charge < -0.3 is 34.0 Å². The maximum Gasteiger partial charge on any atom is 0.410 e. The summed E-state index contributed by atoms with van der Waals surface area (Å²) < 4.78 is 26.8. The zero-order chi connectivity index (χ0) is 40.8. The number of aliphatic hydroxyl groups is 2. The van der Waals surface area contributed by atoms with Gasteiger partial charge in [0.05, 0.1) is 31.5 Å². The number of nitrogens with zero attached hydrogens (tertiary/aromatic N) is 2. The fourth-order valence-corrected chi connectivity index (χ4v) is 9.44. The molecule has 0 saturated heterocycles. The van der Waals surface area contributed by atoms with Gasteiger partial charge in [0.1, 0.15) is 24.1 Å². The van der Waals surface area contributed by atoms with E-state index in [9.17, 15) is 15.0 Å². The highest BCUT2D eigenvalue weighted by atomic mass is 32.2. The molecule has 314 valence electrons. The van der Waals surface area contributed by atoms with Crippen LogP contribution in [0.1, 0.15) is 97.5 Å². The van der Waals surface area contributed by atoms with Gasteiger partial charge in [-0.3, -0.25) is 4.90 Å². The number of unbranched alkanes of at least 4 members (excludes halogenated alkanes) is 2. The van der Waals surface area contributed by atoms with E-state index in [1.807, 2.05) is 58.0 Å². The molecule has 10 nitrogen and oxygen atoms in total. The Kier molecular flexibility index (Phi) is 16.8. The summed E-state index contributed by atoms with van der Waals surface area (Å²) in [5, 5.41) is 24.5. The number of fused-ring (bicyclic) bond motifs is 2. The average molecular weight is 807 g/mol. The second-order valence-electron chi connectivity index (χ2n) is 16.5. The Balaban J connectivity index is 1.67. The smallest absolute Gasteiger partial charge is 0.410 e. The van der Waals surface area contributed by atoms with Crippen molar-refractivity contribution in [3.05, 3.63) is 78.4 Å². The summed E-state index contributed by atoms with van der Waals surface area (Å²) in [6.45, 7) is 16.2. The van der Waals surface area contributed by atoms with Crippen molar-refractivity contribution in [2.24, 2.45) is 28.3 Å². The topological polar surface area (TPSA) is 119 Å². The van der Waals surface area contributed by atoms with Crippen LogP contribution in [0.5, 0.6) is 11.5 Å². The Morgan fingerprint density at radius 2 is 1.82 bits per heavy atom. The molecule has 0 spiro atoms. The van der Waals surface area contributed by atoms with Crippen molar-refractivity contribution >= 4 is 23.6 Å². The molecule has 2 aliphatic carbocycles. The number of oxime groups is 1. The third kappa shape index (κ3) is 11.2. The molecule has 1 fully saturated rings. The van der Waals surface area contributed by atoms with Gasteiger partial charge in [0.2, 0.25) is 5.79 Å². The Hall–Kier alpha value is -3.51. The van der Waals surface area contributed by atoms with Crippen molar-refractivity contribution in [2.45, 2.75) is 109 Å². The number of rotatable bonds is 22. The second-order valence-corrected chi connectivity index (χ2v) is 17.7. The Bertz CT molecular complexity index is 1640. The van der Waals surface area contributed by atoms with Gasteiger partial charge in [-0.2, -0.15) is 0 Å². The maximum absolute atomic E-state index is 14.3. The second kappa shape index (κ2) is 21.5. The number of hydrogen-bond donors (Lipinski definition) is 2. The van der Waals surface area contributed by atoms with Crippen molar-refractivity contribution in [1.82, 2.24) is 4.90 Å². The third-order valence-electron chi connectivity index (χ3n) is 11.0. The first-order valence-corrected chi connectivity index (χ1v) is 22.0. The first-order chi connectivity index (χ1) is 27.6. The van der Waals surface area contributed by atoms with Gasteiger partial charge in [-0.1, -0.05) is 76.0 Å². The van der Waals surface area contributed by atoms with Gasteiger partial charge in [0, 0.05) is 48.3 Å². The number of carbonyl (C=O) groups excluding carboxylic acids is 1. The molecule has 2 aromatic rings. The first kappa shape index (κ1) is 44.6. The van der Waals surface area contributed by atoms with Crippen LogP contribution in [0.3, 0.4) is 0 Å². The lowest BCUT2D eigenvalue weighted by Crippen LogP contribution is -2.70. The van der Waals surface area contributed by atoms with Crippen LogP contribution in [0.2, 0.25) is 0 Å². The largest absolute Gasteiger partial charge is 0.493 e. The molecule has 1 aliphatic heterocycles. The number of ether oxygens (including phenoxy) is 4. The summed E-state index contributed by atoms with van der Waals surface area (Å²) in [6, 6.07) is 15.8. The van der Waals surface area contributed by atoms with E-state index >= 15 is 0 Å². The van der Waals surface area contributed by atoms with E-state index in [0.29, 0.717) is 51.2 Å². The molecule has 6 atom stereocenters. The number of aliphatic hydroxyl groups excluding tert-OH is 2. The monoisotopic (exact) mass is 806 g/mol. The van der Waals surface area contributed by atoms with Crippen molar-refractivity contribution < 1.29 is 38.8 Å². The molecule has 1 saturated carbocycles. The fraction of sp³-hybridized carbons (Fsp3) is 0.609. The SMILES string of the molecule is C=CCOC12Oc3ccc(OCCSc4ccccc4)cc3C3C(CCCCO)C(CCCCO)C=C(C(=NOCC)CC1N(CCC)C(=O)OCC(C)(C)C)C32. The summed E-state index contributed by atoms with van der Waals surface area (Å²) in [5.74, 6) is 0.708. The number of allylic oxidation sites excluding steroid dienone is 1. The molecule has 2 aromatic carbocycles. The first-order valence-electron chi connectivity index (χ1n) is 21.0. The minimum absolute atomic E-state index is 0.123. The van der Waals surface area contributed by atoms with Crippen LogP contribution in [0.15, 0.2) is 82.9 Å². The number of benzene rings is 2. The molecule has 1 amide bonds. The van der Waals surface area contributed by atoms with Crippen molar-refractivity contribution in [2.75, 3.05) is 51.9 Å². The molecule has 0 aromatic heterocycles. The van der Waals surface area contributed by atoms with Gasteiger partial charge in [-0.15, -0.1) is 18.3 Å². The maximum atomic E-state index is 14.3. The molecular weight excluding hydrogens is 741 g/mol. The van der Waals surface area contributed by atoms with Crippen LogP contribution in [0.25, 0.3) is 0 Å². The molecule has 3 aliphatic rings. The van der Waals surface area contributed by atoms with Crippen LogP contribution >= 0.6 is 11.8 Å². The van der Waals surface area contributed by atoms with Crippen LogP contribution in [0.4, 0.5) is 4.79 Å². The molecule has 2 N–H and O–H groups in total. The van der Waals surface area contributed by atoms with Gasteiger partial charge in [-0.05, 0) is 92.2 Å². The van der Waals surface area contributed by atoms with Crippen LogP contribution in [-0.2, 0) is 14.3 Å². The van der Waals surface area contributed by atoms with Gasteiger partial charge in [0.25, 0.3) is 0 Å². The molecule has 0 bridgehead atoms. The van der Waals surface area contributed by atoms with Crippen LogP contribution in [0, 0.1) is 23.2 Å². The van der Waals surface area contributed by atoms with E-state index < -0.39 is 17.9 Å². The van der Waals surface area contributed by atoms with E-state index in [-0.39, 0.29) is 55.5 Å². The minimum atomic E-state index is -1.32. The summed E-state index contributed by atoms with van der Waals surface area (Å²) in [6.07, 6.45) is 9.58. The molecule has 11 heteroatoms. The Morgan fingerprint density at radius 1 is 1.07 bits per heavy atom. The average Bonchev–Trinajstić information content (AvgIpc) is 3.20. The van der Waals surface area contributed by atoms with Crippen molar-refractivity contribution in [3.63, 3.8) is 0 Å². The molecule has 1 heterocycles. The highest BCUT2D eigenvalue weighted by Gasteiger charge is 2.65. The molecular formula is C46H66N2O8S. The number of carbonyl (C=O) groups is 1. The van der Waals surface area contributed by atoms with Gasteiger partial charge in [-0.25, -0.2) is 4.79 Å². The molecule has 0 radical (unpaired) electrons. The van der Waals surface area contributed by atoms with Crippen molar-refractivity contribution in [1.29, 1.82) is 0 Å². The van der Waals surface area contributed by atoms with E-state index in [4.69, 9.17) is 28.9 Å². The summed E-state index contributed by atoms with van der Waals surface area (Å²) in [5.41, 5.74) is 2.59. The highest BCUT2D eigenvalue weighted by molar-refractivity contribution is 7.99. The number of amides is 1. The van der Waals surface area contributed by atoms with Crippen LogP contribution in [-0.4, -0.2) is 90.7 Å². The minimum Gasteiger partial charge on any atom is -0.493 e. The van der Waals surface area contributed by atoms with E-state index in [0.717, 1.165) is 54.0 Å². The lowest BCUT2D eigenvalue weighted by molar-refractivity contribution is -0.255. The van der Waals surface area contributed by atoms with Gasteiger partial charge in [0.15, 0.2) is 0 Å². The van der Waals surface area contributed by atoms with E-state index in [1.165, 1.54) is 4.90 Å². The molecule has 5 rings (SSSR count). The quantitative estimate of drug-likeness (QED) is 0.0519. The Morgan fingerprint density at radius 3 is 2.51 bits per heavy atom. The van der Waals surface area contributed by atoms with E-state index in [1.54, 1.807) is 22.7 Å². The Labute approximate surface area is 345 Å². The lowest BCUT2D eigenvalue weighted by Gasteiger charge is -2.60. The third-order valence-corrected chi connectivity index (χ3v) is 12.0.